The van der Waals surface area contributed by atoms with Crippen molar-refractivity contribution in [2.45, 2.75) is 26.9 Å². The van der Waals surface area contributed by atoms with Crippen LogP contribution < -0.4 is 10.1 Å². The Bertz CT molecular complexity index is 1220. The molecule has 0 aliphatic heterocycles. The lowest BCUT2D eigenvalue weighted by Gasteiger charge is -2.13. The second-order valence-electron chi connectivity index (χ2n) is 7.48. The van der Waals surface area contributed by atoms with E-state index < -0.39 is 0 Å². The normalized spacial score (nSPS) is 10.9. The number of hydrogen-bond donors (Lipinski definition) is 1. The third-order valence-electron chi connectivity index (χ3n) is 5.16. The van der Waals surface area contributed by atoms with Gasteiger partial charge in [-0.1, -0.05) is 40.2 Å². The number of aromatic nitrogens is 2. The minimum absolute atomic E-state index is 0.127. The highest BCUT2D eigenvalue weighted by Gasteiger charge is 2.13. The predicted octanol–water partition coefficient (Wildman–Crippen LogP) is 5.42. The minimum atomic E-state index is -0.127. The first-order chi connectivity index (χ1) is 15.0. The molecule has 0 atom stereocenters. The number of aryl methyl sites for hydroxylation is 2. The molecule has 5 nitrogen and oxygen atoms in total. The Morgan fingerprint density at radius 1 is 1.06 bits per heavy atom. The summed E-state index contributed by atoms with van der Waals surface area (Å²) in [6.07, 6.45) is 0. The fraction of sp³-hybridized carbons (Fsp3) is 0.200. The predicted molar refractivity (Wildman–Crippen MR) is 126 cm³/mol. The van der Waals surface area contributed by atoms with Gasteiger partial charge >= 0.3 is 0 Å². The van der Waals surface area contributed by atoms with Gasteiger partial charge in [-0.2, -0.15) is 0 Å². The van der Waals surface area contributed by atoms with Crippen LogP contribution in [0.3, 0.4) is 0 Å². The van der Waals surface area contributed by atoms with Gasteiger partial charge in [-0.3, -0.25) is 4.79 Å². The molecule has 0 bridgehead atoms. The number of fused-ring (bicyclic) bond motifs is 1. The highest BCUT2D eigenvalue weighted by molar-refractivity contribution is 9.10. The first kappa shape index (κ1) is 21.1. The first-order valence-electron chi connectivity index (χ1n) is 10.2. The van der Waals surface area contributed by atoms with Gasteiger partial charge in [0.15, 0.2) is 0 Å². The molecule has 0 aliphatic rings. The van der Waals surface area contributed by atoms with E-state index in [0.717, 1.165) is 32.6 Å². The molecule has 1 amide bonds. The quantitative estimate of drug-likeness (QED) is 0.386. The summed E-state index contributed by atoms with van der Waals surface area (Å²) in [6, 6.07) is 21.5. The average Bonchev–Trinajstić information content (AvgIpc) is 3.12. The zero-order valence-electron chi connectivity index (χ0n) is 17.6. The fourth-order valence-electron chi connectivity index (χ4n) is 3.48. The number of para-hydroxylation sites is 2. The van der Waals surface area contributed by atoms with Crippen LogP contribution in [0.25, 0.3) is 11.0 Å². The van der Waals surface area contributed by atoms with Gasteiger partial charge in [-0.15, -0.1) is 0 Å². The van der Waals surface area contributed by atoms with Crippen molar-refractivity contribution < 1.29 is 9.53 Å². The summed E-state index contributed by atoms with van der Waals surface area (Å²) in [6.45, 7) is 5.59. The number of carbonyl (C=O) groups excluding carboxylic acids is 1. The Kier molecular flexibility index (Phi) is 6.37. The Balaban J connectivity index is 1.49. The summed E-state index contributed by atoms with van der Waals surface area (Å²) in [7, 11) is 0. The first-order valence-corrected chi connectivity index (χ1v) is 11.0. The second kappa shape index (κ2) is 9.35. The zero-order chi connectivity index (χ0) is 21.8. The molecule has 4 rings (SSSR count). The number of carbonyl (C=O) groups is 1. The van der Waals surface area contributed by atoms with Crippen LogP contribution >= 0.6 is 15.9 Å². The lowest BCUT2D eigenvalue weighted by Crippen LogP contribution is -2.25. The maximum Gasteiger partial charge on any atom is 0.251 e. The zero-order valence-corrected chi connectivity index (χ0v) is 19.1. The van der Waals surface area contributed by atoms with Crippen molar-refractivity contribution in [3.05, 3.63) is 93.7 Å². The van der Waals surface area contributed by atoms with Crippen LogP contribution in [0.1, 0.15) is 27.3 Å². The van der Waals surface area contributed by atoms with Crippen LogP contribution in [0, 0.1) is 13.8 Å². The van der Waals surface area contributed by atoms with E-state index in [9.17, 15) is 4.79 Å². The van der Waals surface area contributed by atoms with E-state index in [1.807, 2.05) is 43.3 Å². The van der Waals surface area contributed by atoms with E-state index in [-0.39, 0.29) is 5.91 Å². The number of nitrogens with one attached hydrogen (secondary N) is 1. The monoisotopic (exact) mass is 477 g/mol. The lowest BCUT2D eigenvalue weighted by molar-refractivity contribution is 0.0949. The Hall–Kier alpha value is -3.12. The Labute approximate surface area is 190 Å². The summed E-state index contributed by atoms with van der Waals surface area (Å²) >= 11 is 3.39. The number of nitrogens with zero attached hydrogens (tertiary/aromatic N) is 2. The summed E-state index contributed by atoms with van der Waals surface area (Å²) in [5, 5.41) is 2.98. The van der Waals surface area contributed by atoms with E-state index >= 15 is 0 Å². The second-order valence-corrected chi connectivity index (χ2v) is 8.39. The van der Waals surface area contributed by atoms with Crippen molar-refractivity contribution in [3.63, 3.8) is 0 Å². The lowest BCUT2D eigenvalue weighted by atomic mass is 10.1. The molecule has 6 heteroatoms. The summed E-state index contributed by atoms with van der Waals surface area (Å²) in [5.74, 6) is 1.57. The smallest absolute Gasteiger partial charge is 0.251 e. The van der Waals surface area contributed by atoms with Crippen LogP contribution in [0.5, 0.6) is 5.75 Å². The van der Waals surface area contributed by atoms with Crippen LogP contribution in [-0.4, -0.2) is 22.1 Å². The highest BCUT2D eigenvalue weighted by atomic mass is 79.9. The van der Waals surface area contributed by atoms with Crippen molar-refractivity contribution >= 4 is 32.9 Å². The molecule has 3 aromatic carbocycles. The molecule has 1 aromatic heterocycles. The van der Waals surface area contributed by atoms with E-state index in [1.54, 1.807) is 12.1 Å². The number of imidazole rings is 1. The molecule has 1 N–H and O–H groups in total. The van der Waals surface area contributed by atoms with E-state index in [4.69, 9.17) is 9.72 Å². The standard InChI is InChI=1S/C25H24BrN3O2/c1-17-7-8-18(2)23(15-17)31-14-13-29-22-6-4-3-5-21(22)28-24(29)16-27-25(30)19-9-11-20(26)12-10-19/h3-12,15H,13-14,16H2,1-2H3,(H,27,30). The van der Waals surface area contributed by atoms with Gasteiger partial charge in [0.25, 0.3) is 5.91 Å². The van der Waals surface area contributed by atoms with Crippen LogP contribution in [0.4, 0.5) is 0 Å². The van der Waals surface area contributed by atoms with Gasteiger partial charge in [0.05, 0.1) is 24.1 Å². The fourth-order valence-corrected chi connectivity index (χ4v) is 3.75. The maximum absolute atomic E-state index is 12.5. The van der Waals surface area contributed by atoms with Crippen molar-refractivity contribution in [1.29, 1.82) is 0 Å². The molecule has 0 radical (unpaired) electrons. The largest absolute Gasteiger partial charge is 0.491 e. The summed E-state index contributed by atoms with van der Waals surface area (Å²) in [4.78, 5) is 17.3. The topological polar surface area (TPSA) is 56.1 Å². The highest BCUT2D eigenvalue weighted by Crippen LogP contribution is 2.20. The van der Waals surface area contributed by atoms with Gasteiger partial charge in [0.2, 0.25) is 0 Å². The maximum atomic E-state index is 12.5. The molecule has 1 heterocycles. The van der Waals surface area contributed by atoms with Crippen LogP contribution in [0.15, 0.2) is 71.2 Å². The van der Waals surface area contributed by atoms with Crippen molar-refractivity contribution in [3.8, 4) is 5.75 Å². The molecule has 158 valence electrons. The van der Waals surface area contributed by atoms with Gasteiger partial charge in [0.1, 0.15) is 18.2 Å². The molecule has 0 saturated heterocycles. The van der Waals surface area contributed by atoms with Gasteiger partial charge in [-0.05, 0) is 67.4 Å². The SMILES string of the molecule is Cc1ccc(C)c(OCCn2c(CNC(=O)c3ccc(Br)cc3)nc3ccccc32)c1. The van der Waals surface area contributed by atoms with E-state index in [1.165, 1.54) is 5.56 Å². The van der Waals surface area contributed by atoms with Crippen molar-refractivity contribution in [1.82, 2.24) is 14.9 Å². The molecule has 0 spiro atoms. The van der Waals surface area contributed by atoms with Gasteiger partial charge in [0, 0.05) is 10.0 Å². The molecule has 31 heavy (non-hydrogen) atoms. The molecule has 0 saturated carbocycles. The number of rotatable bonds is 7. The number of ether oxygens (including phenoxy) is 1. The van der Waals surface area contributed by atoms with Crippen LogP contribution in [0.2, 0.25) is 0 Å². The Morgan fingerprint density at radius 3 is 2.65 bits per heavy atom. The van der Waals surface area contributed by atoms with Crippen LogP contribution in [-0.2, 0) is 13.1 Å². The number of hydrogen-bond acceptors (Lipinski definition) is 3. The van der Waals surface area contributed by atoms with Gasteiger partial charge in [-0.25, -0.2) is 4.98 Å². The molecule has 0 fully saturated rings. The Morgan fingerprint density at radius 2 is 1.84 bits per heavy atom. The van der Waals surface area contributed by atoms with Gasteiger partial charge < -0.3 is 14.6 Å². The number of amides is 1. The number of benzene rings is 3. The van der Waals surface area contributed by atoms with E-state index in [0.29, 0.717) is 25.3 Å². The summed E-state index contributed by atoms with van der Waals surface area (Å²) in [5.41, 5.74) is 4.83. The third-order valence-corrected chi connectivity index (χ3v) is 5.69. The molecular formula is C25H24BrN3O2. The third kappa shape index (κ3) is 4.97. The summed E-state index contributed by atoms with van der Waals surface area (Å²) < 4.78 is 9.11. The van der Waals surface area contributed by atoms with Crippen molar-refractivity contribution in [2.75, 3.05) is 6.61 Å². The van der Waals surface area contributed by atoms with Crippen molar-refractivity contribution in [2.24, 2.45) is 0 Å². The minimum Gasteiger partial charge on any atom is -0.491 e. The molecular weight excluding hydrogens is 454 g/mol. The average molecular weight is 478 g/mol. The number of halogens is 1. The van der Waals surface area contributed by atoms with E-state index in [2.05, 4.69) is 50.9 Å². The molecule has 0 unspecified atom stereocenters. The molecule has 4 aromatic rings. The molecule has 0 aliphatic carbocycles.